The second-order valence-electron chi connectivity index (χ2n) is 10.1. The van der Waals surface area contributed by atoms with E-state index in [0.717, 1.165) is 0 Å². The molecule has 0 bridgehead atoms. The maximum absolute atomic E-state index is 5.38. The molecule has 0 aliphatic carbocycles. The third-order valence-electron chi connectivity index (χ3n) is 7.71. The van der Waals surface area contributed by atoms with Gasteiger partial charge in [0.2, 0.25) is 0 Å². The van der Waals surface area contributed by atoms with Gasteiger partial charge in [-0.25, -0.2) is 0 Å². The van der Waals surface area contributed by atoms with Crippen LogP contribution in [0, 0.1) is 0 Å². The van der Waals surface area contributed by atoms with Crippen LogP contribution in [0.15, 0.2) is 133 Å². The van der Waals surface area contributed by atoms with Crippen LogP contribution in [0.1, 0.15) is 33.4 Å². The van der Waals surface area contributed by atoms with Crippen LogP contribution in [0.3, 0.4) is 0 Å². The molecule has 0 amide bonds. The predicted octanol–water partition coefficient (Wildman–Crippen LogP) is 8.67. The Hall–Kier alpha value is -4.24. The fourth-order valence-electron chi connectivity index (χ4n) is 5.95. The first-order valence-corrected chi connectivity index (χ1v) is 13.4. The van der Waals surface area contributed by atoms with Crippen molar-refractivity contribution in [3.05, 3.63) is 167 Å². The van der Waals surface area contributed by atoms with Gasteiger partial charge in [0.05, 0.1) is 18.6 Å². The van der Waals surface area contributed by atoms with Crippen LogP contribution in [-0.4, -0.2) is 14.2 Å². The van der Waals surface area contributed by atoms with Crippen molar-refractivity contribution in [2.24, 2.45) is 0 Å². The number of hydrogen-bond donors (Lipinski definition) is 0. The number of rotatable bonds is 8. The maximum atomic E-state index is 5.38. The van der Waals surface area contributed by atoms with Crippen LogP contribution in [0.4, 0.5) is 0 Å². The van der Waals surface area contributed by atoms with E-state index in [2.05, 4.69) is 133 Å². The average Bonchev–Trinajstić information content (AvgIpc) is 2.99. The summed E-state index contributed by atoms with van der Waals surface area (Å²) in [5.74, 6) is 0. The Morgan fingerprint density at radius 2 is 0.795 bits per heavy atom. The lowest BCUT2D eigenvalue weighted by Gasteiger charge is -2.37. The van der Waals surface area contributed by atoms with E-state index < -0.39 is 5.41 Å². The van der Waals surface area contributed by atoms with Crippen molar-refractivity contribution >= 4 is 21.5 Å². The van der Waals surface area contributed by atoms with E-state index in [1.807, 2.05) is 0 Å². The van der Waals surface area contributed by atoms with E-state index in [-0.39, 0.29) is 0 Å². The third-order valence-corrected chi connectivity index (χ3v) is 7.71. The van der Waals surface area contributed by atoms with Crippen LogP contribution >= 0.6 is 0 Å². The Morgan fingerprint density at radius 3 is 1.21 bits per heavy atom. The molecule has 2 nitrogen and oxygen atoms in total. The lowest BCUT2D eigenvalue weighted by molar-refractivity contribution is 0.185. The Labute approximate surface area is 230 Å². The first kappa shape index (κ1) is 25.1. The molecular weight excluding hydrogens is 476 g/mol. The van der Waals surface area contributed by atoms with Crippen LogP contribution in [-0.2, 0) is 28.1 Å². The molecule has 6 aromatic rings. The minimum absolute atomic E-state index is 0.499. The molecule has 2 heteroatoms. The van der Waals surface area contributed by atoms with Gasteiger partial charge in [0.25, 0.3) is 0 Å². The summed E-state index contributed by atoms with van der Waals surface area (Å²) in [6.45, 7) is 1.22. The molecule has 0 radical (unpaired) electrons. The van der Waals surface area contributed by atoms with Gasteiger partial charge in [-0.2, -0.15) is 0 Å². The molecule has 39 heavy (non-hydrogen) atoms. The molecule has 0 heterocycles. The molecule has 0 atom stereocenters. The summed E-state index contributed by atoms with van der Waals surface area (Å²) < 4.78 is 10.8. The van der Waals surface area contributed by atoms with Gasteiger partial charge >= 0.3 is 0 Å². The van der Waals surface area contributed by atoms with Gasteiger partial charge in [0.15, 0.2) is 0 Å². The van der Waals surface area contributed by atoms with Gasteiger partial charge in [0.1, 0.15) is 0 Å². The zero-order valence-corrected chi connectivity index (χ0v) is 22.4. The zero-order chi connectivity index (χ0) is 26.7. The molecule has 6 rings (SSSR count). The Morgan fingerprint density at radius 1 is 0.410 bits per heavy atom. The smallest absolute Gasteiger partial charge is 0.0713 e. The highest BCUT2D eigenvalue weighted by Crippen LogP contribution is 2.46. The molecule has 6 aromatic carbocycles. The Balaban J connectivity index is 1.64. The van der Waals surface area contributed by atoms with Gasteiger partial charge in [-0.1, -0.05) is 109 Å². The van der Waals surface area contributed by atoms with Crippen LogP contribution in [0.25, 0.3) is 21.5 Å². The van der Waals surface area contributed by atoms with E-state index in [9.17, 15) is 0 Å². The van der Waals surface area contributed by atoms with Gasteiger partial charge in [-0.15, -0.1) is 0 Å². The van der Waals surface area contributed by atoms with E-state index in [4.69, 9.17) is 9.47 Å². The van der Waals surface area contributed by atoms with Crippen LogP contribution in [0.2, 0.25) is 0 Å². The zero-order valence-electron chi connectivity index (χ0n) is 22.4. The summed E-state index contributed by atoms with van der Waals surface area (Å²) >= 11 is 0. The van der Waals surface area contributed by atoms with Crippen LogP contribution in [0.5, 0.6) is 0 Å². The number of benzene rings is 6. The lowest BCUT2D eigenvalue weighted by atomic mass is 9.64. The first-order valence-electron chi connectivity index (χ1n) is 13.4. The van der Waals surface area contributed by atoms with E-state index in [1.165, 1.54) is 54.9 Å². The monoisotopic (exact) mass is 508 g/mol. The normalized spacial score (nSPS) is 11.7. The van der Waals surface area contributed by atoms with Crippen molar-refractivity contribution in [2.45, 2.75) is 18.6 Å². The molecule has 0 fully saturated rings. The number of methoxy groups -OCH3 is 2. The minimum atomic E-state index is -0.499. The summed E-state index contributed by atoms with van der Waals surface area (Å²) in [7, 11) is 3.48. The van der Waals surface area contributed by atoms with E-state index in [0.29, 0.717) is 13.2 Å². The fourth-order valence-corrected chi connectivity index (χ4v) is 5.95. The first-order chi connectivity index (χ1) is 19.2. The van der Waals surface area contributed by atoms with Crippen molar-refractivity contribution < 1.29 is 9.47 Å². The van der Waals surface area contributed by atoms with Gasteiger partial charge in [-0.05, 0) is 79.2 Å². The lowest BCUT2D eigenvalue weighted by Crippen LogP contribution is -2.31. The van der Waals surface area contributed by atoms with Gasteiger partial charge in [-0.3, -0.25) is 0 Å². The highest BCUT2D eigenvalue weighted by molar-refractivity contribution is 5.87. The molecule has 0 saturated heterocycles. The highest BCUT2D eigenvalue weighted by Gasteiger charge is 2.38. The summed E-state index contributed by atoms with van der Waals surface area (Å²) in [6.07, 6.45) is 0. The molecule has 0 unspecified atom stereocenters. The highest BCUT2D eigenvalue weighted by atomic mass is 16.5. The molecule has 192 valence electrons. The molecule has 0 spiro atoms. The third kappa shape index (κ3) is 4.63. The molecule has 0 saturated carbocycles. The molecule has 0 aliphatic rings. The predicted molar refractivity (Wildman–Crippen MR) is 161 cm³/mol. The molecular formula is C37H32O2. The second-order valence-corrected chi connectivity index (χ2v) is 10.1. The minimum Gasteiger partial charge on any atom is -0.380 e. The number of ether oxygens (including phenoxy) is 2. The van der Waals surface area contributed by atoms with E-state index in [1.54, 1.807) is 14.2 Å². The Bertz CT molecular complexity index is 1590. The molecule has 0 aliphatic heterocycles. The largest absolute Gasteiger partial charge is 0.380 e. The number of fused-ring (bicyclic) bond motifs is 2. The average molecular weight is 509 g/mol. The van der Waals surface area contributed by atoms with Crippen molar-refractivity contribution in [3.8, 4) is 0 Å². The maximum Gasteiger partial charge on any atom is 0.0713 e. The van der Waals surface area contributed by atoms with Crippen molar-refractivity contribution in [2.75, 3.05) is 14.2 Å². The van der Waals surface area contributed by atoms with Gasteiger partial charge < -0.3 is 9.47 Å². The van der Waals surface area contributed by atoms with Crippen molar-refractivity contribution in [1.82, 2.24) is 0 Å². The summed E-state index contributed by atoms with van der Waals surface area (Å²) in [5.41, 5.74) is 6.81. The summed E-state index contributed by atoms with van der Waals surface area (Å²) in [6, 6.07) is 48.8. The number of hydrogen-bond acceptors (Lipinski definition) is 2. The summed E-state index contributed by atoms with van der Waals surface area (Å²) in [5, 5.41) is 4.86. The quantitative estimate of drug-likeness (QED) is 0.192. The fraction of sp³-hybridized carbons (Fsp3) is 0.135. The SMILES string of the molecule is COCc1ccc2cc(C(c3ccccc3)(c3ccccc3)c3ccc4cc(COC)ccc4c3)ccc2c1. The topological polar surface area (TPSA) is 18.5 Å². The Kier molecular flexibility index (Phi) is 6.98. The van der Waals surface area contributed by atoms with Crippen molar-refractivity contribution in [3.63, 3.8) is 0 Å². The molecule has 0 aromatic heterocycles. The van der Waals surface area contributed by atoms with Gasteiger partial charge in [0, 0.05) is 14.2 Å². The van der Waals surface area contributed by atoms with Crippen LogP contribution < -0.4 is 0 Å². The summed E-state index contributed by atoms with van der Waals surface area (Å²) in [4.78, 5) is 0. The standard InChI is InChI=1S/C37H32O2/c1-38-25-27-13-15-31-23-35(19-17-29(31)21-27)37(33-9-5-3-6-10-33,34-11-7-4-8-12-34)36-20-18-30-22-28(26-39-2)14-16-32(30)24-36/h3-24H,25-26H2,1-2H3. The van der Waals surface area contributed by atoms with E-state index >= 15 is 0 Å². The van der Waals surface area contributed by atoms with Crippen molar-refractivity contribution in [1.29, 1.82) is 0 Å². The molecule has 0 N–H and O–H groups in total. The second kappa shape index (κ2) is 10.9.